The summed E-state index contributed by atoms with van der Waals surface area (Å²) in [5.41, 5.74) is 4.27. The molecule has 10 aromatic rings. The molecule has 0 saturated carbocycles. The molecule has 0 atom stereocenters. The zero-order valence-corrected chi connectivity index (χ0v) is 86.3. The lowest BCUT2D eigenvalue weighted by Crippen LogP contribution is -2.12. The third kappa shape index (κ3) is 61.3. The maximum Gasteiger partial charge on any atom is 0.369 e. The number of carbonyl (C=O) groups excluding carboxylic acids is 6. The third-order valence-corrected chi connectivity index (χ3v) is 21.0. The number of carbonyl (C=O) groups is 6. The van der Waals surface area contributed by atoms with E-state index in [1.165, 1.54) is 22.9 Å². The Hall–Kier alpha value is -5.38. The van der Waals surface area contributed by atoms with Crippen LogP contribution in [-0.4, -0.2) is 153 Å². The van der Waals surface area contributed by atoms with Crippen LogP contribution in [-0.2, 0) is 82.2 Å². The smallest absolute Gasteiger partial charge is 0.369 e. The molecule has 10 rings (SSSR count). The van der Waals surface area contributed by atoms with Gasteiger partial charge in [-0.05, 0) is 182 Å². The van der Waals surface area contributed by atoms with Crippen LogP contribution in [0.5, 0.6) is 46.0 Å². The van der Waals surface area contributed by atoms with Gasteiger partial charge in [0, 0.05) is 76.0 Å². The summed E-state index contributed by atoms with van der Waals surface area (Å²) in [4.78, 5) is 69.4. The number of thiophene rings is 2. The number of rotatable bonds is 28. The number of hydrogen-bond acceptors (Lipinski definition) is 26. The van der Waals surface area contributed by atoms with E-state index in [4.69, 9.17) is 138 Å². The number of fused-ring (bicyclic) bond motifs is 2. The van der Waals surface area contributed by atoms with Gasteiger partial charge in [0.05, 0.1) is 119 Å². The van der Waals surface area contributed by atoms with E-state index in [9.17, 15) is 37.2 Å². The molecule has 2 heterocycles. The number of hydrogen-bond donors (Lipinski definition) is 3. The van der Waals surface area contributed by atoms with Crippen molar-refractivity contribution in [3.8, 4) is 46.0 Å². The minimum Gasteiger partial charge on any atom is -0.497 e. The van der Waals surface area contributed by atoms with E-state index in [1.54, 1.807) is 180 Å². The number of thiol groups is 2. The molecule has 2 aromatic heterocycles. The predicted molar refractivity (Wildman–Crippen MR) is 567 cm³/mol. The van der Waals surface area contributed by atoms with Crippen LogP contribution in [0.15, 0.2) is 176 Å². The van der Waals surface area contributed by atoms with Crippen molar-refractivity contribution >= 4 is 285 Å². The van der Waals surface area contributed by atoms with Gasteiger partial charge in [0.25, 0.3) is 10.1 Å². The third-order valence-electron chi connectivity index (χ3n) is 14.2. The Morgan fingerprint density at radius 3 is 1.18 bits per heavy atom. The fourth-order valence-corrected chi connectivity index (χ4v) is 15.8. The summed E-state index contributed by atoms with van der Waals surface area (Å²) in [6.07, 6.45) is 0.814. The molecular weight excluding hydrogens is 2210 g/mol. The van der Waals surface area contributed by atoms with Gasteiger partial charge in [-0.1, -0.05) is 154 Å². The number of methoxy groups -OCH3 is 8. The quantitative estimate of drug-likeness (QED) is 0.00601. The minimum atomic E-state index is -3.67. The maximum atomic E-state index is 11.6. The SMILES string of the molecule is BrB(Br)Br.C.C.C.C.C.C.CCOC(=O)CC(=O)CCl.CCOC(=O)CC(=O)CSc1cc(Cl)cc(OC)c1.CCOC(=O)Cc1csc2cc(Cl)cc(OC)c12.CCOC(=O)Cc1csc2cc(OC)cc(Cl)c12.COc1cc(Cl)cc(Br)c1.COc1cc(S)cc(Cl)c1.COc1ccc(CS)cc1.COc1ccc(CSc2cc(Cl)cc(OC)c2)cc1.CS(=O)(=O)O. The molecule has 0 amide bonds. The molecule has 0 spiro atoms. The number of Topliss-reactive ketones (excluding diaryl/α,β-unsaturated/α-hetero) is 2. The second kappa shape index (κ2) is 76.9. The number of halogens is 11. The van der Waals surface area contributed by atoms with Gasteiger partial charge in [-0.2, -0.15) is 21.0 Å². The molecule has 1 N–H and O–H groups in total. The van der Waals surface area contributed by atoms with Crippen molar-refractivity contribution in [2.24, 2.45) is 0 Å². The van der Waals surface area contributed by atoms with E-state index in [-0.39, 0.29) is 115 Å². The number of esters is 4. The van der Waals surface area contributed by atoms with Crippen molar-refractivity contribution < 1.29 is 98.6 Å². The fourth-order valence-electron chi connectivity index (χ4n) is 9.01. The molecule has 0 aliphatic carbocycles. The number of ketones is 2. The lowest BCUT2D eigenvalue weighted by Gasteiger charge is -2.06. The van der Waals surface area contributed by atoms with Crippen molar-refractivity contribution in [2.75, 3.05) is 101 Å². The number of thioether (sulfide) groups is 2. The van der Waals surface area contributed by atoms with Crippen LogP contribution in [0.2, 0.25) is 30.1 Å². The van der Waals surface area contributed by atoms with E-state index in [1.807, 2.05) is 83.6 Å². The van der Waals surface area contributed by atoms with Crippen LogP contribution >= 0.6 is 216 Å². The summed E-state index contributed by atoms with van der Waals surface area (Å²) in [6, 6.07) is 44.9. The van der Waals surface area contributed by atoms with Gasteiger partial charge >= 0.3 is 27.1 Å². The van der Waals surface area contributed by atoms with Crippen molar-refractivity contribution in [3.05, 3.63) is 213 Å². The van der Waals surface area contributed by atoms with Crippen molar-refractivity contribution in [3.63, 3.8) is 0 Å². The molecule has 0 aliphatic rings. The Balaban J connectivity index is -0.000000332. The normalized spacial score (nSPS) is 9.51. The fraction of sp³-hybridized carbons (Fsp3) is 0.348. The Morgan fingerprint density at radius 2 is 0.791 bits per heavy atom. The van der Waals surface area contributed by atoms with E-state index in [0.29, 0.717) is 67.7 Å². The van der Waals surface area contributed by atoms with Gasteiger partial charge in [-0.3, -0.25) is 33.3 Å². The molecular formula is C89H116BBr4Cl7O21S7. The second-order valence-electron chi connectivity index (χ2n) is 23.3. The summed E-state index contributed by atoms with van der Waals surface area (Å²) in [6.45, 7) is 8.34. The average Bonchev–Trinajstić information content (AvgIpc) is 1.66. The van der Waals surface area contributed by atoms with Gasteiger partial charge in [0.15, 0.2) is 11.6 Å². The highest BCUT2D eigenvalue weighted by Gasteiger charge is 2.18. The molecule has 40 heteroatoms. The van der Waals surface area contributed by atoms with Crippen LogP contribution in [0.25, 0.3) is 20.2 Å². The van der Waals surface area contributed by atoms with Crippen LogP contribution in [0, 0.1) is 0 Å². The van der Waals surface area contributed by atoms with Crippen LogP contribution in [0.3, 0.4) is 0 Å². The molecule has 0 fully saturated rings. The molecule has 0 radical (unpaired) electrons. The first kappa shape index (κ1) is 134. The maximum absolute atomic E-state index is 11.6. The Labute approximate surface area is 859 Å². The van der Waals surface area contributed by atoms with Gasteiger partial charge in [-0.25, -0.2) is 0 Å². The predicted octanol–water partition coefficient (Wildman–Crippen LogP) is 29.0. The largest absolute Gasteiger partial charge is 0.497 e. The van der Waals surface area contributed by atoms with Gasteiger partial charge in [-0.15, -0.1) is 118 Å². The van der Waals surface area contributed by atoms with Gasteiger partial charge in [0.1, 0.15) is 58.8 Å². The van der Waals surface area contributed by atoms with Crippen molar-refractivity contribution in [1.82, 2.24) is 0 Å². The minimum absolute atomic E-state index is 0. The highest BCUT2D eigenvalue weighted by molar-refractivity contribution is 9.69. The second-order valence-corrected chi connectivity index (χ2v) is 39.8. The highest BCUT2D eigenvalue weighted by Crippen LogP contribution is 2.39. The zero-order chi connectivity index (χ0) is 92.7. The Kier molecular flexibility index (Phi) is 80.1. The zero-order valence-electron chi connectivity index (χ0n) is 68.8. The first-order valence-corrected chi connectivity index (χ1v) is 48.7. The van der Waals surface area contributed by atoms with E-state index in [0.717, 1.165) is 96.5 Å². The van der Waals surface area contributed by atoms with Crippen LogP contribution in [0.1, 0.15) is 107 Å². The Bertz CT molecular complexity index is 4870. The number of benzene rings is 8. The standard InChI is InChI=1S/C15H15ClO2S.C13H15ClO4S.2C13H13ClO3S.C8H10OS.C7H6BrClO.C7H7ClOS.C6H9ClO3.CH4O3S.6CH4.BBr3/c1-17-13-5-3-11(4-6-13)10-19-15-8-12(16)7-14(9-15)18-2;1-3-18-13(16)6-10(15)8-19-12-5-9(14)4-11(7-12)17-2;1-3-17-12(15)4-8-7-18-11-6-9(16-2)5-10(14)13(8)11;1-3-17-12(15)4-8-7-18-11-6-9(14)5-10(16-2)13(8)11;1-9-8-4-2-7(6-10)3-5-8;1-10-7-3-5(8)2-6(9)4-7;1-9-6-2-5(8)3-7(10)4-6;1-2-10-6(9)3-5(8)4-7;1-5(2,3)4;;;;;;;2-1(3)4/h3-9H,10H2,1-2H3;4-5,7H,3,6,8H2,1-2H3;2*5-7H,3-4H2,1-2H3;2-5,10H,6H2,1H3;2-4H,1H3;2-4,10H,1H3;2-4H2,1H3;1H3,(H,2,3,4);6*1H4;. The molecule has 129 heavy (non-hydrogen) atoms. The molecule has 0 bridgehead atoms. The van der Waals surface area contributed by atoms with Crippen LogP contribution in [0.4, 0.5) is 0 Å². The van der Waals surface area contributed by atoms with E-state index >= 15 is 0 Å². The summed E-state index contributed by atoms with van der Waals surface area (Å²) in [5, 5.41) is 9.52. The van der Waals surface area contributed by atoms with E-state index in [2.05, 4.69) is 105 Å². The number of ether oxygens (including phenoxy) is 12. The highest BCUT2D eigenvalue weighted by atomic mass is 79.9. The average molecular weight is 2320 g/mol. The molecule has 0 unspecified atom stereocenters. The monoisotopic (exact) mass is 2320 g/mol. The summed E-state index contributed by atoms with van der Waals surface area (Å²) >= 11 is 67.7. The molecule has 0 aliphatic heterocycles. The lowest BCUT2D eigenvalue weighted by molar-refractivity contribution is -0.146. The first-order chi connectivity index (χ1) is 58.3. The summed E-state index contributed by atoms with van der Waals surface area (Å²) in [5.74, 6) is 5.89. The van der Waals surface area contributed by atoms with Gasteiger partial charge in [0.2, 0.25) is 0 Å². The Morgan fingerprint density at radius 1 is 0.442 bits per heavy atom. The topological polar surface area (TPSA) is 268 Å². The molecule has 21 nitrogen and oxygen atoms in total. The van der Waals surface area contributed by atoms with Crippen LogP contribution < -0.4 is 37.9 Å². The molecule has 8 aromatic carbocycles. The first-order valence-electron chi connectivity index (χ1n) is 35.7. The van der Waals surface area contributed by atoms with Gasteiger partial charge < -0.3 is 56.8 Å². The summed E-state index contributed by atoms with van der Waals surface area (Å²) in [7, 11) is 9.26. The van der Waals surface area contributed by atoms with Crippen molar-refractivity contribution in [2.45, 2.75) is 124 Å². The number of alkyl halides is 1. The van der Waals surface area contributed by atoms with E-state index < -0.39 is 22.1 Å². The summed E-state index contributed by atoms with van der Waals surface area (Å²) < 4.78 is 89.0. The molecule has 720 valence electrons. The van der Waals surface area contributed by atoms with Crippen molar-refractivity contribution in [1.29, 1.82) is 0 Å². The molecule has 0 saturated heterocycles. The lowest BCUT2D eigenvalue weighted by atomic mass is 10.1.